The van der Waals surface area contributed by atoms with Crippen LogP contribution in [0.4, 0.5) is 0 Å². The molecule has 0 saturated carbocycles. The molecule has 40 heavy (non-hydrogen) atoms. The smallest absolute Gasteiger partial charge is 0.200 e. The van der Waals surface area contributed by atoms with Crippen molar-refractivity contribution < 1.29 is 42.3 Å². The summed E-state index contributed by atoms with van der Waals surface area (Å²) in [6.07, 6.45) is -1.27. The number of hydrogen-bond donors (Lipinski definition) is 0. The van der Waals surface area contributed by atoms with Crippen LogP contribution in [0, 0.1) is 0 Å². The van der Waals surface area contributed by atoms with Crippen LogP contribution < -0.4 is 0 Å². The molecule has 4 rings (SSSR count). The molecule has 4 aliphatic rings. The number of methoxy groups -OCH3 is 1. The van der Waals surface area contributed by atoms with Crippen molar-refractivity contribution in [2.24, 2.45) is 0 Å². The number of fused-ring (bicyclic) bond motifs is 3. The molecule has 11 heteroatoms. The SMILES string of the molecule is COCO[C@H]1C(O[Si](C(C)C)(C(C)C)C(C)C)C[C@@H](SCC2O[C@@H]3OC(C)(C)OC3C3OC(C)(C)O[C@@H]23)O[C@H]1C. The molecule has 4 heterocycles. The van der Waals surface area contributed by atoms with Crippen molar-refractivity contribution in [3.05, 3.63) is 0 Å². The summed E-state index contributed by atoms with van der Waals surface area (Å²) in [5.41, 5.74) is 1.34. The van der Waals surface area contributed by atoms with Gasteiger partial charge in [0.05, 0.1) is 18.3 Å². The van der Waals surface area contributed by atoms with Crippen molar-refractivity contribution in [1.29, 1.82) is 0 Å². The lowest BCUT2D eigenvalue weighted by Crippen LogP contribution is -2.58. The number of hydrogen-bond acceptors (Lipinski definition) is 10. The third-order valence-electron chi connectivity index (χ3n) is 8.76. The molecule has 0 aliphatic carbocycles. The highest BCUT2D eigenvalue weighted by atomic mass is 32.2. The minimum atomic E-state index is -2.15. The molecule has 9 atom stereocenters. The molecule has 0 aromatic heterocycles. The molecule has 0 aromatic carbocycles. The summed E-state index contributed by atoms with van der Waals surface area (Å²) < 4.78 is 56.6. The molecular weight excluding hydrogens is 552 g/mol. The highest BCUT2D eigenvalue weighted by Gasteiger charge is 2.61. The first-order valence-electron chi connectivity index (χ1n) is 15.0. The van der Waals surface area contributed by atoms with Gasteiger partial charge in [-0.05, 0) is 51.2 Å². The minimum absolute atomic E-state index is 0.0760. The zero-order valence-electron chi connectivity index (χ0n) is 26.6. The molecule has 0 aromatic rings. The minimum Gasteiger partial charge on any atom is -0.410 e. The maximum atomic E-state index is 7.29. The largest absolute Gasteiger partial charge is 0.410 e. The van der Waals surface area contributed by atoms with Gasteiger partial charge < -0.3 is 42.3 Å². The molecule has 0 amide bonds. The number of ether oxygens (including phenoxy) is 8. The first-order valence-corrected chi connectivity index (χ1v) is 18.2. The Morgan fingerprint density at radius 1 is 0.825 bits per heavy atom. The van der Waals surface area contributed by atoms with Crippen LogP contribution in [-0.2, 0) is 42.3 Å². The van der Waals surface area contributed by atoms with Crippen molar-refractivity contribution in [2.45, 2.75) is 165 Å². The Morgan fingerprint density at radius 2 is 1.40 bits per heavy atom. The molecule has 4 unspecified atom stereocenters. The van der Waals surface area contributed by atoms with Gasteiger partial charge in [0.25, 0.3) is 0 Å². The zero-order valence-corrected chi connectivity index (χ0v) is 28.4. The van der Waals surface area contributed by atoms with Gasteiger partial charge in [0.2, 0.25) is 8.32 Å². The molecule has 0 radical (unpaired) electrons. The van der Waals surface area contributed by atoms with Gasteiger partial charge in [-0.3, -0.25) is 0 Å². The van der Waals surface area contributed by atoms with E-state index in [-0.39, 0.29) is 55.0 Å². The van der Waals surface area contributed by atoms with E-state index in [0.717, 1.165) is 6.42 Å². The summed E-state index contributed by atoms with van der Waals surface area (Å²) in [6, 6.07) is 0. The zero-order chi connectivity index (χ0) is 29.6. The van der Waals surface area contributed by atoms with E-state index in [2.05, 4.69) is 48.5 Å². The van der Waals surface area contributed by atoms with Crippen LogP contribution in [-0.4, -0.2) is 94.0 Å². The van der Waals surface area contributed by atoms with Gasteiger partial charge in [0.1, 0.15) is 36.6 Å². The Hall–Kier alpha value is 0.207. The summed E-state index contributed by atoms with van der Waals surface area (Å²) in [7, 11) is -0.501. The second-order valence-electron chi connectivity index (χ2n) is 13.6. The lowest BCUT2D eigenvalue weighted by Gasteiger charge is -2.49. The molecule has 4 aliphatic heterocycles. The third kappa shape index (κ3) is 6.80. The quantitative estimate of drug-likeness (QED) is 0.213. The van der Waals surface area contributed by atoms with E-state index in [4.69, 9.17) is 42.3 Å². The predicted octanol–water partition coefficient (Wildman–Crippen LogP) is 5.80. The van der Waals surface area contributed by atoms with Crippen molar-refractivity contribution in [2.75, 3.05) is 19.7 Å². The Kier molecular flexibility index (Phi) is 10.5. The van der Waals surface area contributed by atoms with Gasteiger partial charge in [-0.2, -0.15) is 0 Å². The van der Waals surface area contributed by atoms with E-state index in [0.29, 0.717) is 22.4 Å². The first-order chi connectivity index (χ1) is 18.6. The van der Waals surface area contributed by atoms with Crippen molar-refractivity contribution in [3.8, 4) is 0 Å². The summed E-state index contributed by atoms with van der Waals surface area (Å²) in [5, 5.41) is 0. The fourth-order valence-corrected chi connectivity index (χ4v) is 14.1. The highest BCUT2D eigenvalue weighted by Crippen LogP contribution is 2.47. The molecule has 0 N–H and O–H groups in total. The maximum absolute atomic E-state index is 7.29. The standard InChI is InChI=1S/C29H54O9SSi/c1-16(2)40(17(3)4,18(5)6)38-20-13-22(32-19(7)23(20)31-15-30-12)39-14-21-24-25(35-28(8,9)34-24)26-27(33-21)37-29(10,11)36-26/h16-27H,13-15H2,1-12H3/t19-,20?,21?,22+,23+,24-,25?,26?,27+/m0/s1. The van der Waals surface area contributed by atoms with Gasteiger partial charge in [-0.25, -0.2) is 0 Å². The van der Waals surface area contributed by atoms with Gasteiger partial charge >= 0.3 is 0 Å². The molecule has 0 bridgehead atoms. The molecule has 4 fully saturated rings. The van der Waals surface area contributed by atoms with E-state index in [1.165, 1.54) is 0 Å². The van der Waals surface area contributed by atoms with Crippen LogP contribution in [0.15, 0.2) is 0 Å². The fraction of sp³-hybridized carbons (Fsp3) is 1.00. The molecule has 234 valence electrons. The van der Waals surface area contributed by atoms with Crippen LogP contribution in [0.3, 0.4) is 0 Å². The highest BCUT2D eigenvalue weighted by molar-refractivity contribution is 7.99. The maximum Gasteiger partial charge on any atom is 0.200 e. The van der Waals surface area contributed by atoms with Crippen LogP contribution in [0.2, 0.25) is 16.6 Å². The Balaban J connectivity index is 1.49. The van der Waals surface area contributed by atoms with E-state index in [1.807, 2.05) is 27.7 Å². The summed E-state index contributed by atoms with van der Waals surface area (Å²) in [4.78, 5) is 0. The first kappa shape index (κ1) is 33.1. The predicted molar refractivity (Wildman–Crippen MR) is 157 cm³/mol. The molecule has 0 spiro atoms. The second kappa shape index (κ2) is 12.7. The van der Waals surface area contributed by atoms with E-state index < -0.39 is 26.2 Å². The molecule has 4 saturated heterocycles. The lowest BCUT2D eigenvalue weighted by atomic mass is 10.00. The van der Waals surface area contributed by atoms with Crippen LogP contribution >= 0.6 is 11.8 Å². The molecular formula is C29H54O9SSi. The Bertz CT molecular complexity index is 819. The van der Waals surface area contributed by atoms with E-state index in [9.17, 15) is 0 Å². The van der Waals surface area contributed by atoms with Crippen molar-refractivity contribution >= 4 is 20.1 Å². The average Bonchev–Trinajstić information content (AvgIpc) is 3.33. The average molecular weight is 607 g/mol. The second-order valence-corrected chi connectivity index (χ2v) is 20.2. The fourth-order valence-electron chi connectivity index (χ4n) is 7.31. The normalized spacial score (nSPS) is 39.2. The summed E-state index contributed by atoms with van der Waals surface area (Å²) in [6.45, 7) is 23.9. The summed E-state index contributed by atoms with van der Waals surface area (Å²) in [5.74, 6) is -0.782. The van der Waals surface area contributed by atoms with Crippen LogP contribution in [0.25, 0.3) is 0 Å². The topological polar surface area (TPSA) is 83.1 Å². The van der Waals surface area contributed by atoms with Crippen LogP contribution in [0.5, 0.6) is 0 Å². The Labute approximate surface area is 247 Å². The number of rotatable bonds is 11. The van der Waals surface area contributed by atoms with Gasteiger partial charge in [0.15, 0.2) is 17.9 Å². The van der Waals surface area contributed by atoms with Crippen LogP contribution in [0.1, 0.15) is 82.6 Å². The van der Waals surface area contributed by atoms with Crippen molar-refractivity contribution in [1.82, 2.24) is 0 Å². The molecule has 9 nitrogen and oxygen atoms in total. The number of thioether (sulfide) groups is 1. The lowest BCUT2D eigenvalue weighted by molar-refractivity contribution is -0.228. The summed E-state index contributed by atoms with van der Waals surface area (Å²) >= 11 is 1.74. The van der Waals surface area contributed by atoms with Gasteiger partial charge in [-0.1, -0.05) is 41.5 Å². The van der Waals surface area contributed by atoms with Gasteiger partial charge in [0, 0.05) is 19.3 Å². The van der Waals surface area contributed by atoms with Crippen molar-refractivity contribution in [3.63, 3.8) is 0 Å². The third-order valence-corrected chi connectivity index (χ3v) is 16.1. The van der Waals surface area contributed by atoms with E-state index >= 15 is 0 Å². The van der Waals surface area contributed by atoms with Gasteiger partial charge in [-0.15, -0.1) is 11.8 Å². The monoisotopic (exact) mass is 606 g/mol. The Morgan fingerprint density at radius 3 is 2.00 bits per heavy atom. The van der Waals surface area contributed by atoms with E-state index in [1.54, 1.807) is 18.9 Å².